The summed E-state index contributed by atoms with van der Waals surface area (Å²) in [6.07, 6.45) is 1.73. The van der Waals surface area contributed by atoms with Gasteiger partial charge in [-0.2, -0.15) is 5.10 Å². The summed E-state index contributed by atoms with van der Waals surface area (Å²) in [4.78, 5) is 8.82. The van der Waals surface area contributed by atoms with Crippen molar-refractivity contribution in [2.24, 2.45) is 0 Å². The Kier molecular flexibility index (Phi) is 3.17. The molecule has 3 aromatic rings. The molecule has 0 spiro atoms. The van der Waals surface area contributed by atoms with E-state index in [1.165, 1.54) is 0 Å². The van der Waals surface area contributed by atoms with Gasteiger partial charge in [-0.25, -0.2) is 14.5 Å². The summed E-state index contributed by atoms with van der Waals surface area (Å²) >= 11 is 11.3. The smallest absolute Gasteiger partial charge is 0.189 e. The molecular formula is C11H8BrClN4S. The molecule has 0 aliphatic carbocycles. The highest BCUT2D eigenvalue weighted by Crippen LogP contribution is 2.30. The van der Waals surface area contributed by atoms with Gasteiger partial charge in [-0.3, -0.25) is 0 Å². The van der Waals surface area contributed by atoms with Gasteiger partial charge in [0.1, 0.15) is 9.76 Å². The molecule has 3 heterocycles. The molecule has 0 saturated heterocycles. The zero-order valence-electron chi connectivity index (χ0n) is 9.39. The van der Waals surface area contributed by atoms with E-state index in [4.69, 9.17) is 11.6 Å². The van der Waals surface area contributed by atoms with E-state index in [-0.39, 0.29) is 0 Å². The average molecular weight is 344 g/mol. The maximum Gasteiger partial charge on any atom is 0.189 e. The van der Waals surface area contributed by atoms with Crippen molar-refractivity contribution in [3.8, 4) is 0 Å². The SMILES string of the molecule is CCSc1nc(Cl)c2c(cc(Br)n3nccc23)n1. The lowest BCUT2D eigenvalue weighted by atomic mass is 10.2. The van der Waals surface area contributed by atoms with Crippen molar-refractivity contribution in [2.45, 2.75) is 12.1 Å². The monoisotopic (exact) mass is 342 g/mol. The number of fused-ring (bicyclic) bond motifs is 3. The van der Waals surface area contributed by atoms with Crippen LogP contribution < -0.4 is 0 Å². The highest BCUT2D eigenvalue weighted by Gasteiger charge is 2.12. The minimum atomic E-state index is 0.467. The summed E-state index contributed by atoms with van der Waals surface area (Å²) in [6, 6.07) is 3.80. The van der Waals surface area contributed by atoms with E-state index in [1.54, 1.807) is 22.5 Å². The van der Waals surface area contributed by atoms with Crippen molar-refractivity contribution in [2.75, 3.05) is 5.75 Å². The Labute approximate surface area is 121 Å². The van der Waals surface area contributed by atoms with Gasteiger partial charge in [0.15, 0.2) is 5.16 Å². The first-order chi connectivity index (χ1) is 8.70. The van der Waals surface area contributed by atoms with Crippen LogP contribution in [0, 0.1) is 0 Å². The van der Waals surface area contributed by atoms with Gasteiger partial charge >= 0.3 is 0 Å². The molecule has 0 aliphatic rings. The van der Waals surface area contributed by atoms with E-state index in [1.807, 2.05) is 12.1 Å². The van der Waals surface area contributed by atoms with Crippen LogP contribution in [0.4, 0.5) is 0 Å². The highest BCUT2D eigenvalue weighted by molar-refractivity contribution is 9.10. The summed E-state index contributed by atoms with van der Waals surface area (Å²) in [6.45, 7) is 2.06. The first-order valence-corrected chi connectivity index (χ1v) is 7.48. The number of aromatic nitrogens is 4. The van der Waals surface area contributed by atoms with E-state index in [0.717, 1.165) is 26.8 Å². The summed E-state index contributed by atoms with van der Waals surface area (Å²) in [5.41, 5.74) is 1.73. The minimum absolute atomic E-state index is 0.467. The van der Waals surface area contributed by atoms with Crippen LogP contribution in [-0.4, -0.2) is 25.3 Å². The van der Waals surface area contributed by atoms with Crippen molar-refractivity contribution >= 4 is 55.7 Å². The van der Waals surface area contributed by atoms with Crippen LogP contribution in [0.15, 0.2) is 28.1 Å². The molecule has 3 rings (SSSR count). The fourth-order valence-electron chi connectivity index (χ4n) is 1.80. The van der Waals surface area contributed by atoms with Crippen molar-refractivity contribution in [1.29, 1.82) is 0 Å². The summed E-state index contributed by atoms with van der Waals surface area (Å²) in [5, 5.41) is 6.22. The second-order valence-corrected chi connectivity index (χ2v) is 5.99. The second kappa shape index (κ2) is 4.68. The molecule has 7 heteroatoms. The zero-order chi connectivity index (χ0) is 12.7. The Balaban J connectivity index is 2.41. The first-order valence-electron chi connectivity index (χ1n) is 5.33. The zero-order valence-corrected chi connectivity index (χ0v) is 12.6. The van der Waals surface area contributed by atoms with Gasteiger partial charge in [0.05, 0.1) is 22.6 Å². The number of nitrogens with zero attached hydrogens (tertiary/aromatic N) is 4. The van der Waals surface area contributed by atoms with Crippen molar-refractivity contribution < 1.29 is 0 Å². The third-order valence-corrected chi connectivity index (χ3v) is 4.07. The van der Waals surface area contributed by atoms with Gasteiger partial charge in [0.25, 0.3) is 0 Å². The minimum Gasteiger partial charge on any atom is -0.226 e. The molecule has 0 amide bonds. The first kappa shape index (κ1) is 12.2. The molecule has 0 unspecified atom stereocenters. The molecule has 0 aromatic carbocycles. The predicted molar refractivity (Wildman–Crippen MR) is 77.4 cm³/mol. The van der Waals surface area contributed by atoms with Crippen molar-refractivity contribution in [3.63, 3.8) is 0 Å². The average Bonchev–Trinajstić information content (AvgIpc) is 2.78. The van der Waals surface area contributed by atoms with Crippen LogP contribution in [0.25, 0.3) is 16.4 Å². The van der Waals surface area contributed by atoms with Gasteiger partial charge in [-0.1, -0.05) is 30.3 Å². The number of pyridine rings is 1. The molecule has 18 heavy (non-hydrogen) atoms. The maximum atomic E-state index is 6.27. The van der Waals surface area contributed by atoms with E-state index in [0.29, 0.717) is 10.3 Å². The van der Waals surface area contributed by atoms with Crippen LogP contribution >= 0.6 is 39.3 Å². The number of thioether (sulfide) groups is 1. The van der Waals surface area contributed by atoms with Gasteiger partial charge in [0, 0.05) is 0 Å². The number of rotatable bonds is 2. The maximum absolute atomic E-state index is 6.27. The molecule has 92 valence electrons. The molecule has 0 bridgehead atoms. The number of halogens is 2. The van der Waals surface area contributed by atoms with Gasteiger partial charge in [0.2, 0.25) is 0 Å². The third-order valence-electron chi connectivity index (χ3n) is 2.50. The Bertz CT molecular complexity index is 743. The van der Waals surface area contributed by atoms with Crippen molar-refractivity contribution in [3.05, 3.63) is 28.1 Å². The Morgan fingerprint density at radius 1 is 1.44 bits per heavy atom. The predicted octanol–water partition coefficient (Wildman–Crippen LogP) is 3.81. The Morgan fingerprint density at radius 3 is 3.06 bits per heavy atom. The van der Waals surface area contributed by atoms with Crippen LogP contribution in [0.3, 0.4) is 0 Å². The van der Waals surface area contributed by atoms with Crippen LogP contribution in [0.5, 0.6) is 0 Å². The molecule has 4 nitrogen and oxygen atoms in total. The molecule has 0 aliphatic heterocycles. The molecule has 3 aromatic heterocycles. The molecular weight excluding hydrogens is 336 g/mol. The molecule has 0 N–H and O–H groups in total. The summed E-state index contributed by atoms with van der Waals surface area (Å²) in [7, 11) is 0. The van der Waals surface area contributed by atoms with Crippen LogP contribution in [-0.2, 0) is 0 Å². The van der Waals surface area contributed by atoms with Crippen molar-refractivity contribution in [1.82, 2.24) is 19.6 Å². The topological polar surface area (TPSA) is 43.1 Å². The van der Waals surface area contributed by atoms with Gasteiger partial charge in [-0.05, 0) is 33.8 Å². The van der Waals surface area contributed by atoms with E-state index < -0.39 is 0 Å². The number of hydrogen-bond donors (Lipinski definition) is 0. The van der Waals surface area contributed by atoms with Gasteiger partial charge in [-0.15, -0.1) is 0 Å². The molecule has 0 fully saturated rings. The van der Waals surface area contributed by atoms with E-state index in [9.17, 15) is 0 Å². The lowest BCUT2D eigenvalue weighted by Crippen LogP contribution is -1.96. The largest absolute Gasteiger partial charge is 0.226 e. The lowest BCUT2D eigenvalue weighted by Gasteiger charge is -2.06. The fourth-order valence-corrected chi connectivity index (χ4v) is 3.20. The van der Waals surface area contributed by atoms with Gasteiger partial charge < -0.3 is 0 Å². The van der Waals surface area contributed by atoms with Crippen LogP contribution in [0.1, 0.15) is 6.92 Å². The number of hydrogen-bond acceptors (Lipinski definition) is 4. The standard InChI is InChI=1S/C11H8BrClN4S/c1-2-18-11-15-6-5-8(12)17-7(3-4-14-17)9(6)10(13)16-11/h3-5H,2H2,1H3. The fraction of sp³-hybridized carbons (Fsp3) is 0.182. The van der Waals surface area contributed by atoms with E-state index in [2.05, 4.69) is 37.9 Å². The lowest BCUT2D eigenvalue weighted by molar-refractivity contribution is 0.933. The highest BCUT2D eigenvalue weighted by atomic mass is 79.9. The normalized spacial score (nSPS) is 11.5. The Morgan fingerprint density at radius 2 is 2.28 bits per heavy atom. The second-order valence-electron chi connectivity index (χ2n) is 3.59. The molecule has 0 atom stereocenters. The summed E-state index contributed by atoms with van der Waals surface area (Å²) < 4.78 is 2.61. The Hall–Kier alpha value is -0.850. The molecule has 0 radical (unpaired) electrons. The van der Waals surface area contributed by atoms with Crippen LogP contribution in [0.2, 0.25) is 5.15 Å². The molecule has 0 saturated carbocycles. The third kappa shape index (κ3) is 1.88. The van der Waals surface area contributed by atoms with E-state index >= 15 is 0 Å². The quantitative estimate of drug-likeness (QED) is 0.307. The summed E-state index contributed by atoms with van der Waals surface area (Å²) in [5.74, 6) is 0.915.